The smallest absolute Gasteiger partial charge is 0.744 e. The monoisotopic (exact) mass is 1040 g/mol. The molecule has 0 atom stereocenters. The van der Waals surface area contributed by atoms with E-state index in [2.05, 4.69) is 41.7 Å². The molecule has 3 aromatic heterocycles. The van der Waals surface area contributed by atoms with E-state index in [9.17, 15) is 43.7 Å². The third-order valence-electron chi connectivity index (χ3n) is 10.5. The third-order valence-corrected chi connectivity index (χ3v) is 13.0. The molecule has 10 rings (SSSR count). The Bertz CT molecular complexity index is 4050. The van der Waals surface area contributed by atoms with Crippen molar-refractivity contribution < 1.29 is 157 Å². The van der Waals surface area contributed by atoms with Crippen LogP contribution in [0.25, 0.3) is 100 Å². The summed E-state index contributed by atoms with van der Waals surface area (Å²) in [6.07, 6.45) is 0.667. The maximum absolute atomic E-state index is 12.3. The average molecular weight is 1050 g/mol. The number of benzene rings is 5. The van der Waals surface area contributed by atoms with Crippen LogP contribution in [0.3, 0.4) is 0 Å². The zero-order chi connectivity index (χ0) is 44.9. The number of carbonyl (C=O) groups is 1. The molecule has 5 heterocycles. The molecule has 8 aromatic rings. The Morgan fingerprint density at radius 1 is 0.529 bits per heavy atom. The number of aromatic nitrogens is 8. The van der Waals surface area contributed by atoms with E-state index in [1.165, 1.54) is 18.2 Å². The quantitative estimate of drug-likeness (QED) is 0.0626. The Labute approximate surface area is 464 Å². The Hall–Kier alpha value is -3.90. The van der Waals surface area contributed by atoms with Crippen LogP contribution in [0.4, 0.5) is 0 Å². The van der Waals surface area contributed by atoms with E-state index >= 15 is 0 Å². The molecule has 19 nitrogen and oxygen atoms in total. The van der Waals surface area contributed by atoms with Crippen molar-refractivity contribution in [3.05, 3.63) is 90.5 Å². The average Bonchev–Trinajstić information content (AvgIpc) is 3.96. The molecule has 0 unspecified atom stereocenters. The number of nitrogens with zero attached hydrogens (tertiary/aromatic N) is 6. The predicted molar refractivity (Wildman–Crippen MR) is 226 cm³/mol. The summed E-state index contributed by atoms with van der Waals surface area (Å²) in [6, 6.07) is 19.6. The first-order chi connectivity index (χ1) is 30.4. The minimum absolute atomic E-state index is 0. The van der Waals surface area contributed by atoms with Crippen molar-refractivity contribution in [3.63, 3.8) is 0 Å². The van der Waals surface area contributed by atoms with Gasteiger partial charge >= 0.3 is 114 Å². The van der Waals surface area contributed by atoms with E-state index in [4.69, 9.17) is 15.1 Å². The second-order valence-corrected chi connectivity index (χ2v) is 18.7. The standard InChI is InChI=1S/C42H26N8O11S3.3Na.Zn/c51-34(52)8-3-1-2-5-20-6-4-7-21-15-29-33(19-28(20)21)42-48-37-27-14-11-24(64(59,60)61)18-32(27)41(47-37)50-40-31-17-23(63(56,57)58)10-13-26(31)36(46-40)45-39-30-16-22(62(53,54)55)9-12-25(30)35(44-39)43-38(29)49-42;;;;/h4,6-7,9-19H,1,3,8H2,(H,51,52)(H,53,54,55)(H,56,57,58)(H,59,60,61)(H2,43,44,45,46,47,48,49,50);;;;/q;3*+1;+2/p-3. The van der Waals surface area contributed by atoms with Crippen LogP contribution in [0.1, 0.15) is 24.8 Å². The van der Waals surface area contributed by atoms with E-state index in [1.54, 1.807) is 0 Å². The van der Waals surface area contributed by atoms with Gasteiger partial charge in [0, 0.05) is 62.2 Å². The van der Waals surface area contributed by atoms with Gasteiger partial charge < -0.3 is 28.7 Å². The molecule has 0 amide bonds. The molecule has 2 aliphatic heterocycles. The van der Waals surface area contributed by atoms with E-state index in [-0.39, 0.29) is 193 Å². The Morgan fingerprint density at radius 3 is 1.47 bits per heavy atom. The molecule has 2 aliphatic rings. The number of fused-ring (bicyclic) bond motifs is 21. The van der Waals surface area contributed by atoms with Crippen LogP contribution in [0, 0.1) is 11.8 Å². The SMILES string of the molecule is O=C(O)CCCC#Cc1cccc2cc3c4nc5nc(nc6[nH]c(nc7nc(nc([nH]4)c3cc12)-c1ccc(S(=O)(=O)[O-])cc1-7)c1cc(S(=O)(=O)[O-])ccc61)-c1cc(S(=O)(=O)[O-])ccc1-5.[Na+].[Na+].[Na+].[Zn+2]. The van der Waals surface area contributed by atoms with Crippen molar-refractivity contribution in [1.29, 1.82) is 0 Å². The van der Waals surface area contributed by atoms with Gasteiger partial charge in [-0.1, -0.05) is 24.0 Å². The number of hydrogen-bond donors (Lipinski definition) is 3. The topological polar surface area (TPSA) is 318 Å². The van der Waals surface area contributed by atoms with Crippen molar-refractivity contribution in [2.45, 2.75) is 33.9 Å². The number of unbranched alkanes of at least 4 members (excludes halogenated alkanes) is 1. The van der Waals surface area contributed by atoms with Gasteiger partial charge in [0.15, 0.2) is 23.3 Å². The molecule has 0 spiro atoms. The van der Waals surface area contributed by atoms with Gasteiger partial charge in [0.1, 0.15) is 52.9 Å². The fourth-order valence-electron chi connectivity index (χ4n) is 7.56. The van der Waals surface area contributed by atoms with Crippen LogP contribution < -0.4 is 88.7 Å². The van der Waals surface area contributed by atoms with Gasteiger partial charge in [0.05, 0.1) is 14.7 Å². The van der Waals surface area contributed by atoms with E-state index in [0.29, 0.717) is 34.6 Å². The van der Waals surface area contributed by atoms with Crippen molar-refractivity contribution in [2.75, 3.05) is 0 Å². The van der Waals surface area contributed by atoms with Crippen LogP contribution in [0.5, 0.6) is 0 Å². The summed E-state index contributed by atoms with van der Waals surface area (Å²) in [5.41, 5.74) is 1.61. The summed E-state index contributed by atoms with van der Waals surface area (Å²) in [5, 5.41) is 11.8. The Balaban J connectivity index is 0.00000190. The van der Waals surface area contributed by atoms with Crippen molar-refractivity contribution in [1.82, 2.24) is 39.9 Å². The zero-order valence-electron chi connectivity index (χ0n) is 35.8. The summed E-state index contributed by atoms with van der Waals surface area (Å²) < 4.78 is 110. The summed E-state index contributed by atoms with van der Waals surface area (Å²) in [4.78, 5) is 43.9. The third kappa shape index (κ3) is 10.2. The van der Waals surface area contributed by atoms with E-state index < -0.39 is 51.0 Å². The molecule has 68 heavy (non-hydrogen) atoms. The van der Waals surface area contributed by atoms with Gasteiger partial charge in [0.25, 0.3) is 0 Å². The van der Waals surface area contributed by atoms with Gasteiger partial charge in [-0.05, 0) is 90.0 Å². The first-order valence-electron chi connectivity index (χ1n) is 18.8. The summed E-state index contributed by atoms with van der Waals surface area (Å²) >= 11 is 0. The molecular formula is C42H23N8Na3O11S3Zn+2. The van der Waals surface area contributed by atoms with Crippen LogP contribution in [-0.4, -0.2) is 89.9 Å². The molecular weight excluding hydrogens is 1020 g/mol. The van der Waals surface area contributed by atoms with Crippen LogP contribution >= 0.6 is 0 Å². The number of aromatic amines is 2. The summed E-state index contributed by atoms with van der Waals surface area (Å²) in [5.74, 6) is 4.99. The number of nitrogens with one attached hydrogen (secondary N) is 2. The second-order valence-electron chi connectivity index (χ2n) is 14.6. The van der Waals surface area contributed by atoms with E-state index in [0.717, 1.165) is 41.8 Å². The van der Waals surface area contributed by atoms with Gasteiger partial charge in [-0.25, -0.2) is 55.2 Å². The first-order valence-corrected chi connectivity index (χ1v) is 23.0. The molecule has 26 heteroatoms. The second kappa shape index (κ2) is 20.1. The largest absolute Gasteiger partial charge is 2.00 e. The van der Waals surface area contributed by atoms with Gasteiger partial charge in [-0.15, -0.1) is 0 Å². The molecule has 318 valence electrons. The maximum Gasteiger partial charge on any atom is 2.00 e. The molecule has 0 fully saturated rings. The Kier molecular flexibility index (Phi) is 15.8. The number of carboxylic acid groups (broad SMARTS) is 1. The maximum atomic E-state index is 12.3. The van der Waals surface area contributed by atoms with Crippen molar-refractivity contribution in [2.24, 2.45) is 0 Å². The fourth-order valence-corrected chi connectivity index (χ4v) is 9.05. The van der Waals surface area contributed by atoms with Gasteiger partial charge in [0.2, 0.25) is 0 Å². The number of carboxylic acids is 1. The molecule has 8 bridgehead atoms. The van der Waals surface area contributed by atoms with Crippen molar-refractivity contribution in [3.8, 4) is 57.4 Å². The first kappa shape index (κ1) is 53.5. The molecule has 3 N–H and O–H groups in total. The molecule has 5 aromatic carbocycles. The summed E-state index contributed by atoms with van der Waals surface area (Å²) in [7, 11) is -15.0. The molecule has 0 saturated heterocycles. The molecule has 0 saturated carbocycles. The number of rotatable bonds is 6. The Morgan fingerprint density at radius 2 is 0.971 bits per heavy atom. The molecule has 0 aliphatic carbocycles. The minimum atomic E-state index is -5.01. The summed E-state index contributed by atoms with van der Waals surface area (Å²) in [6.45, 7) is 0. The van der Waals surface area contributed by atoms with Crippen LogP contribution in [-0.2, 0) is 54.6 Å². The van der Waals surface area contributed by atoms with Gasteiger partial charge in [-0.3, -0.25) is 4.79 Å². The minimum Gasteiger partial charge on any atom is -0.744 e. The van der Waals surface area contributed by atoms with Gasteiger partial charge in [-0.2, -0.15) is 0 Å². The number of aliphatic carboxylic acids is 1. The molecule has 0 radical (unpaired) electrons. The fraction of sp³-hybridized carbons (Fsp3) is 0.0714. The van der Waals surface area contributed by atoms with Crippen molar-refractivity contribution >= 4 is 91.2 Å². The zero-order valence-corrected chi connectivity index (χ0v) is 47.3. The van der Waals surface area contributed by atoms with Crippen LogP contribution in [0.15, 0.2) is 99.6 Å². The van der Waals surface area contributed by atoms with E-state index in [1.807, 2.05) is 30.3 Å². The predicted octanol–water partition coefficient (Wildman–Crippen LogP) is -3.65. The number of hydrogen-bond acceptors (Lipinski definition) is 16. The van der Waals surface area contributed by atoms with Crippen LogP contribution in [0.2, 0.25) is 0 Å². The number of H-pyrrole nitrogens is 2. The normalized spacial score (nSPS) is 11.8.